The summed E-state index contributed by atoms with van der Waals surface area (Å²) in [5, 5.41) is 14.3. The van der Waals surface area contributed by atoms with Gasteiger partial charge in [-0.2, -0.15) is 0 Å². The van der Waals surface area contributed by atoms with Gasteiger partial charge in [0.25, 0.3) is 0 Å². The summed E-state index contributed by atoms with van der Waals surface area (Å²) >= 11 is 1.44. The lowest BCUT2D eigenvalue weighted by Crippen LogP contribution is -2.50. The Morgan fingerprint density at radius 3 is 2.52 bits per heavy atom. The second-order valence-electron chi connectivity index (χ2n) is 7.08. The number of methoxy groups -OCH3 is 1. The van der Waals surface area contributed by atoms with Gasteiger partial charge in [0.2, 0.25) is 5.91 Å². The zero-order valence-corrected chi connectivity index (χ0v) is 17.2. The molecule has 0 spiro atoms. The van der Waals surface area contributed by atoms with Crippen LogP contribution in [-0.4, -0.2) is 34.6 Å². The van der Waals surface area contributed by atoms with Crippen LogP contribution in [0.15, 0.2) is 53.9 Å². The molecule has 0 saturated heterocycles. The first-order chi connectivity index (χ1) is 13.8. The van der Waals surface area contributed by atoms with E-state index in [4.69, 9.17) is 9.84 Å². The minimum atomic E-state index is -1.33. The summed E-state index contributed by atoms with van der Waals surface area (Å²) in [4.78, 5) is 28.0. The summed E-state index contributed by atoms with van der Waals surface area (Å²) in [7, 11) is 1.63. The molecule has 1 amide bonds. The van der Waals surface area contributed by atoms with E-state index in [0.29, 0.717) is 5.69 Å². The molecule has 0 radical (unpaired) electrons. The molecule has 0 aliphatic heterocycles. The van der Waals surface area contributed by atoms with Crippen LogP contribution in [0.1, 0.15) is 19.5 Å². The van der Waals surface area contributed by atoms with E-state index in [9.17, 15) is 9.59 Å². The summed E-state index contributed by atoms with van der Waals surface area (Å²) in [6.45, 7) is 2.90. The Hall–Kier alpha value is -3.19. The van der Waals surface area contributed by atoms with Gasteiger partial charge in [-0.25, -0.2) is 9.78 Å². The normalized spacial score (nSPS) is 11.1. The summed E-state index contributed by atoms with van der Waals surface area (Å²) in [6.07, 6.45) is 0.0179. The number of ether oxygens (including phenoxy) is 1. The number of aromatic nitrogens is 1. The average molecular weight is 410 g/mol. The molecule has 0 aliphatic carbocycles. The molecule has 0 atom stereocenters. The molecule has 0 fully saturated rings. The molecule has 0 unspecified atom stereocenters. The number of thiazole rings is 1. The lowest BCUT2D eigenvalue weighted by molar-refractivity contribution is -0.145. The first-order valence-corrected chi connectivity index (χ1v) is 9.91. The SMILES string of the molecule is COc1ccc(-c2nc(CC(=O)NC(C)(C)C(=O)O)cs2)c(-c2ccccc2)c1. The Balaban J connectivity index is 1.87. The van der Waals surface area contributed by atoms with Gasteiger partial charge in [0, 0.05) is 10.9 Å². The van der Waals surface area contributed by atoms with Gasteiger partial charge in [-0.3, -0.25) is 4.79 Å². The van der Waals surface area contributed by atoms with Crippen molar-refractivity contribution in [2.24, 2.45) is 0 Å². The summed E-state index contributed by atoms with van der Waals surface area (Å²) in [6, 6.07) is 15.8. The van der Waals surface area contributed by atoms with Gasteiger partial charge < -0.3 is 15.2 Å². The van der Waals surface area contributed by atoms with E-state index in [1.54, 1.807) is 7.11 Å². The highest BCUT2D eigenvalue weighted by molar-refractivity contribution is 7.13. The molecule has 6 nitrogen and oxygen atoms in total. The monoisotopic (exact) mass is 410 g/mol. The number of benzene rings is 2. The maximum atomic E-state index is 12.2. The van der Waals surface area contributed by atoms with Gasteiger partial charge in [-0.1, -0.05) is 30.3 Å². The standard InChI is InChI=1S/C22H22N2O4S/c1-22(2,21(26)27)24-19(25)11-15-13-29-20(23-15)17-10-9-16(28-3)12-18(17)14-7-5-4-6-8-14/h4-10,12-13H,11H2,1-3H3,(H,24,25)(H,26,27). The topological polar surface area (TPSA) is 88.5 Å². The fraction of sp³-hybridized carbons (Fsp3) is 0.227. The zero-order chi connectivity index (χ0) is 21.0. The van der Waals surface area contributed by atoms with Gasteiger partial charge in [-0.15, -0.1) is 11.3 Å². The molecule has 2 aromatic carbocycles. The van der Waals surface area contributed by atoms with Gasteiger partial charge in [0.05, 0.1) is 19.2 Å². The number of amides is 1. The molecule has 0 saturated carbocycles. The van der Waals surface area contributed by atoms with Crippen molar-refractivity contribution in [2.75, 3.05) is 7.11 Å². The Bertz CT molecular complexity index is 1030. The number of carbonyl (C=O) groups excluding carboxylic acids is 1. The molecule has 3 aromatic rings. The molecule has 0 bridgehead atoms. The molecule has 1 aromatic heterocycles. The van der Waals surface area contributed by atoms with Crippen molar-refractivity contribution in [2.45, 2.75) is 25.8 Å². The fourth-order valence-corrected chi connectivity index (χ4v) is 3.67. The number of carboxylic acid groups (broad SMARTS) is 1. The van der Waals surface area contributed by atoms with Crippen molar-refractivity contribution in [3.63, 3.8) is 0 Å². The summed E-state index contributed by atoms with van der Waals surface area (Å²) in [5.41, 5.74) is 2.24. The number of carboxylic acids is 1. The molecule has 3 rings (SSSR count). The molecule has 0 aliphatic rings. The van der Waals surface area contributed by atoms with E-state index < -0.39 is 11.5 Å². The highest BCUT2D eigenvalue weighted by Crippen LogP contribution is 2.36. The highest BCUT2D eigenvalue weighted by Gasteiger charge is 2.29. The molecule has 150 valence electrons. The Morgan fingerprint density at radius 1 is 1.14 bits per heavy atom. The van der Waals surface area contributed by atoms with Crippen LogP contribution in [0.25, 0.3) is 21.7 Å². The molecule has 7 heteroatoms. The van der Waals surface area contributed by atoms with E-state index in [0.717, 1.165) is 27.4 Å². The Morgan fingerprint density at radius 2 is 1.86 bits per heavy atom. The van der Waals surface area contributed by atoms with Gasteiger partial charge in [0.15, 0.2) is 0 Å². The number of carbonyl (C=O) groups is 2. The van der Waals surface area contributed by atoms with Gasteiger partial charge in [0.1, 0.15) is 16.3 Å². The molecule has 29 heavy (non-hydrogen) atoms. The number of nitrogens with one attached hydrogen (secondary N) is 1. The predicted octanol–water partition coefficient (Wildman–Crippen LogP) is 4.01. The minimum Gasteiger partial charge on any atom is -0.497 e. The van der Waals surface area contributed by atoms with Crippen molar-refractivity contribution in [3.8, 4) is 27.4 Å². The lowest BCUT2D eigenvalue weighted by Gasteiger charge is -2.20. The molecular weight excluding hydrogens is 388 g/mol. The third-order valence-electron chi connectivity index (χ3n) is 4.42. The highest BCUT2D eigenvalue weighted by atomic mass is 32.1. The third-order valence-corrected chi connectivity index (χ3v) is 5.35. The first-order valence-electron chi connectivity index (χ1n) is 9.03. The van der Waals surface area contributed by atoms with Crippen molar-refractivity contribution in [3.05, 3.63) is 59.6 Å². The largest absolute Gasteiger partial charge is 0.497 e. The number of aliphatic carboxylic acids is 1. The van der Waals surface area contributed by atoms with Gasteiger partial charge in [-0.05, 0) is 43.2 Å². The van der Waals surface area contributed by atoms with Crippen LogP contribution in [0.5, 0.6) is 5.75 Å². The van der Waals surface area contributed by atoms with Crippen LogP contribution in [0.2, 0.25) is 0 Å². The number of rotatable bonds is 7. The quantitative estimate of drug-likeness (QED) is 0.614. The lowest BCUT2D eigenvalue weighted by atomic mass is 9.99. The van der Waals surface area contributed by atoms with Crippen molar-refractivity contribution in [1.29, 1.82) is 0 Å². The van der Waals surface area contributed by atoms with Gasteiger partial charge >= 0.3 is 5.97 Å². The van der Waals surface area contributed by atoms with E-state index in [2.05, 4.69) is 10.3 Å². The maximum absolute atomic E-state index is 12.2. The Kier molecular flexibility index (Phi) is 5.98. The second-order valence-corrected chi connectivity index (χ2v) is 7.93. The predicted molar refractivity (Wildman–Crippen MR) is 113 cm³/mol. The smallest absolute Gasteiger partial charge is 0.328 e. The van der Waals surface area contributed by atoms with E-state index in [1.165, 1.54) is 25.2 Å². The Labute approximate surface area is 173 Å². The zero-order valence-electron chi connectivity index (χ0n) is 16.4. The average Bonchev–Trinajstić information content (AvgIpc) is 3.15. The number of hydrogen-bond acceptors (Lipinski definition) is 5. The fourth-order valence-electron chi connectivity index (χ4n) is 2.82. The van der Waals surface area contributed by atoms with Crippen LogP contribution in [-0.2, 0) is 16.0 Å². The third kappa shape index (κ3) is 4.81. The summed E-state index contributed by atoms with van der Waals surface area (Å²) in [5.74, 6) is -0.720. The number of nitrogens with zero attached hydrogens (tertiary/aromatic N) is 1. The van der Waals surface area contributed by atoms with Crippen molar-refractivity contribution >= 4 is 23.2 Å². The number of hydrogen-bond donors (Lipinski definition) is 2. The summed E-state index contributed by atoms with van der Waals surface area (Å²) < 4.78 is 5.37. The molecule has 1 heterocycles. The van der Waals surface area contributed by atoms with Crippen LogP contribution in [0.4, 0.5) is 0 Å². The van der Waals surface area contributed by atoms with Crippen molar-refractivity contribution < 1.29 is 19.4 Å². The van der Waals surface area contributed by atoms with Crippen LogP contribution < -0.4 is 10.1 Å². The van der Waals surface area contributed by atoms with Crippen LogP contribution >= 0.6 is 11.3 Å². The molecular formula is C22H22N2O4S. The van der Waals surface area contributed by atoms with Crippen LogP contribution in [0.3, 0.4) is 0 Å². The minimum absolute atomic E-state index is 0.0179. The maximum Gasteiger partial charge on any atom is 0.328 e. The van der Waals surface area contributed by atoms with E-state index in [1.807, 2.05) is 53.9 Å². The van der Waals surface area contributed by atoms with Crippen LogP contribution in [0, 0.1) is 0 Å². The van der Waals surface area contributed by atoms with E-state index >= 15 is 0 Å². The van der Waals surface area contributed by atoms with Crippen molar-refractivity contribution in [1.82, 2.24) is 10.3 Å². The second kappa shape index (κ2) is 8.45. The van der Waals surface area contributed by atoms with E-state index in [-0.39, 0.29) is 12.3 Å². The first kappa shape index (κ1) is 20.5. The molecule has 2 N–H and O–H groups in total.